The summed E-state index contributed by atoms with van der Waals surface area (Å²) in [5.41, 5.74) is -0.00648. The van der Waals surface area contributed by atoms with Gasteiger partial charge < -0.3 is 14.6 Å². The van der Waals surface area contributed by atoms with E-state index in [-0.39, 0.29) is 36.8 Å². The fraction of sp³-hybridized carbons (Fsp3) is 0.107. The van der Waals surface area contributed by atoms with Gasteiger partial charge in [-0.15, -0.1) is 0 Å². The first kappa shape index (κ1) is 29.7. The number of aliphatic hydroxyl groups is 1. The van der Waals surface area contributed by atoms with Crippen LogP contribution in [-0.2, 0) is 19.4 Å². The van der Waals surface area contributed by atoms with Crippen LogP contribution in [0, 0.1) is 10.1 Å². The number of carbonyl (C=O) groups excluding carboxylic acids is 2. The van der Waals surface area contributed by atoms with Gasteiger partial charge in [0, 0.05) is 22.7 Å². The highest BCUT2D eigenvalue weighted by molar-refractivity contribution is 7.93. The maximum Gasteiger partial charge on any atom is 0.301 e. The van der Waals surface area contributed by atoms with Crippen LogP contribution in [0.2, 0.25) is 5.02 Å². The lowest BCUT2D eigenvalue weighted by atomic mass is 9.95. The number of hydrogen-bond donors (Lipinski definition) is 1. The van der Waals surface area contributed by atoms with E-state index in [1.807, 2.05) is 0 Å². The van der Waals surface area contributed by atoms with Crippen LogP contribution in [0.15, 0.2) is 87.6 Å². The zero-order chi connectivity index (χ0) is 31.1. The minimum Gasteiger partial charge on any atom is -0.507 e. The Morgan fingerprint density at radius 1 is 1.02 bits per heavy atom. The van der Waals surface area contributed by atoms with Crippen LogP contribution in [0.4, 0.5) is 10.8 Å². The number of carbonyl (C=O) groups is 2. The number of ether oxygens (including phenoxy) is 2. The topological polar surface area (TPSA) is 166 Å². The van der Waals surface area contributed by atoms with Crippen molar-refractivity contribution in [3.8, 4) is 11.5 Å². The monoisotopic (exact) mass is 641 g/mol. The van der Waals surface area contributed by atoms with Crippen LogP contribution in [0.3, 0.4) is 0 Å². The van der Waals surface area contributed by atoms with E-state index in [1.54, 1.807) is 12.1 Å². The average Bonchev–Trinajstić information content (AvgIpc) is 3.60. The molecule has 1 aliphatic rings. The summed E-state index contributed by atoms with van der Waals surface area (Å²) in [4.78, 5) is 42.2. The SMILES string of the molecule is COc1ccc([C@@H]2C(=C(O)c3ccc(Cl)cc3)C(=O)C(=O)N2c2ncc(S(=O)(=O)c3ccc([N+](=O)[O-])cc3)s2)cc1OC. The summed E-state index contributed by atoms with van der Waals surface area (Å²) in [5.74, 6) is -1.91. The third-order valence-corrected chi connectivity index (χ3v) is 10.1. The van der Waals surface area contributed by atoms with Crippen molar-refractivity contribution in [2.45, 2.75) is 15.1 Å². The molecule has 0 radical (unpaired) electrons. The van der Waals surface area contributed by atoms with Crippen molar-refractivity contribution in [1.82, 2.24) is 4.98 Å². The van der Waals surface area contributed by atoms with Gasteiger partial charge in [-0.1, -0.05) is 29.0 Å². The first-order chi connectivity index (χ1) is 20.5. The Morgan fingerprint density at radius 2 is 1.67 bits per heavy atom. The Labute approximate surface area is 253 Å². The van der Waals surface area contributed by atoms with Crippen molar-refractivity contribution < 1.29 is 37.5 Å². The number of benzene rings is 3. The molecule has 0 aliphatic carbocycles. The van der Waals surface area contributed by atoms with Crippen molar-refractivity contribution >= 4 is 61.0 Å². The zero-order valence-corrected chi connectivity index (χ0v) is 24.6. The van der Waals surface area contributed by atoms with Crippen LogP contribution >= 0.6 is 22.9 Å². The summed E-state index contributed by atoms with van der Waals surface area (Å²) in [6.45, 7) is 0. The summed E-state index contributed by atoms with van der Waals surface area (Å²) in [6.07, 6.45) is 1.03. The molecule has 43 heavy (non-hydrogen) atoms. The summed E-state index contributed by atoms with van der Waals surface area (Å²) in [5, 5.41) is 22.5. The number of non-ortho nitro benzene ring substituents is 1. The molecule has 1 saturated heterocycles. The molecule has 1 aromatic heterocycles. The number of ketones is 1. The van der Waals surface area contributed by atoms with E-state index in [9.17, 15) is 33.2 Å². The van der Waals surface area contributed by atoms with Crippen molar-refractivity contribution in [3.05, 3.63) is 105 Å². The number of halogens is 1. The van der Waals surface area contributed by atoms with Gasteiger partial charge in [0.25, 0.3) is 11.5 Å². The minimum atomic E-state index is -4.20. The Bertz CT molecular complexity index is 1900. The molecule has 15 heteroatoms. The quantitative estimate of drug-likeness (QED) is 0.0890. The number of Topliss-reactive ketones (excluding diaryl/α,β-unsaturated/α-hetero) is 1. The summed E-state index contributed by atoms with van der Waals surface area (Å²) in [7, 11) is -1.36. The van der Waals surface area contributed by atoms with E-state index in [1.165, 1.54) is 44.6 Å². The van der Waals surface area contributed by atoms with Crippen LogP contribution in [0.1, 0.15) is 17.2 Å². The number of rotatable bonds is 8. The predicted octanol–water partition coefficient (Wildman–Crippen LogP) is 5.18. The Morgan fingerprint density at radius 3 is 2.28 bits per heavy atom. The average molecular weight is 642 g/mol. The van der Waals surface area contributed by atoms with Gasteiger partial charge in [0.05, 0.1) is 41.9 Å². The maximum atomic E-state index is 13.5. The lowest BCUT2D eigenvalue weighted by Gasteiger charge is -2.23. The van der Waals surface area contributed by atoms with E-state index in [4.69, 9.17) is 21.1 Å². The van der Waals surface area contributed by atoms with Gasteiger partial charge in [-0.25, -0.2) is 13.4 Å². The van der Waals surface area contributed by atoms with E-state index in [2.05, 4.69) is 4.98 Å². The Balaban J connectivity index is 1.65. The van der Waals surface area contributed by atoms with Crippen molar-refractivity contribution in [1.29, 1.82) is 0 Å². The van der Waals surface area contributed by atoms with E-state index >= 15 is 0 Å². The number of nitro groups is 1. The van der Waals surface area contributed by atoms with E-state index in [0.717, 1.165) is 35.4 Å². The highest BCUT2D eigenvalue weighted by Crippen LogP contribution is 2.46. The van der Waals surface area contributed by atoms with Crippen LogP contribution in [0.5, 0.6) is 11.5 Å². The van der Waals surface area contributed by atoms with Gasteiger partial charge in [-0.3, -0.25) is 24.6 Å². The molecule has 1 atom stereocenters. The second-order valence-electron chi connectivity index (χ2n) is 9.01. The van der Waals surface area contributed by atoms with Gasteiger partial charge in [0.1, 0.15) is 9.97 Å². The van der Waals surface area contributed by atoms with Crippen molar-refractivity contribution in [2.75, 3.05) is 19.1 Å². The zero-order valence-electron chi connectivity index (χ0n) is 22.3. The Kier molecular flexibility index (Phi) is 7.92. The summed E-state index contributed by atoms with van der Waals surface area (Å²) >= 11 is 6.60. The second kappa shape index (κ2) is 11.5. The molecular formula is C28H20ClN3O9S2. The molecular weight excluding hydrogens is 622 g/mol. The number of aliphatic hydroxyl groups excluding tert-OH is 1. The molecule has 0 unspecified atom stereocenters. The molecule has 1 N–H and O–H groups in total. The third-order valence-electron chi connectivity index (χ3n) is 6.59. The number of nitro benzene ring substituents is 1. The lowest BCUT2D eigenvalue weighted by molar-refractivity contribution is -0.384. The van der Waals surface area contributed by atoms with Gasteiger partial charge in [-0.05, 0) is 54.1 Å². The molecule has 4 aromatic rings. The standard InChI is InChI=1S/C28H20ClN3O9S2/c1-40-20-12-5-16(13-21(20)41-2)24-23(25(33)15-3-6-17(29)7-4-15)26(34)27(35)31(24)28-30-14-22(42-28)43(38,39)19-10-8-18(9-11-19)32(36)37/h3-14,24,33H,1-2H3/t24-/m1/s1. The number of nitrogens with zero attached hydrogens (tertiary/aromatic N) is 3. The number of amides is 1. The molecule has 1 fully saturated rings. The van der Waals surface area contributed by atoms with Gasteiger partial charge >= 0.3 is 5.91 Å². The maximum absolute atomic E-state index is 13.5. The molecule has 3 aromatic carbocycles. The molecule has 1 aliphatic heterocycles. The van der Waals surface area contributed by atoms with Crippen molar-refractivity contribution in [3.63, 3.8) is 0 Å². The predicted molar refractivity (Wildman–Crippen MR) is 156 cm³/mol. The van der Waals surface area contributed by atoms with Crippen LogP contribution in [0.25, 0.3) is 5.76 Å². The molecule has 2 heterocycles. The Hall–Kier alpha value is -4.79. The molecule has 220 valence electrons. The fourth-order valence-electron chi connectivity index (χ4n) is 4.48. The molecule has 12 nitrogen and oxygen atoms in total. The van der Waals surface area contributed by atoms with E-state index in [0.29, 0.717) is 27.7 Å². The normalized spacial score (nSPS) is 16.3. The fourth-order valence-corrected chi connectivity index (χ4v) is 7.15. The minimum absolute atomic E-state index is 0.141. The first-order valence-electron chi connectivity index (χ1n) is 12.2. The first-order valence-corrected chi connectivity index (χ1v) is 14.9. The highest BCUT2D eigenvalue weighted by atomic mass is 35.5. The van der Waals surface area contributed by atoms with Crippen LogP contribution < -0.4 is 14.4 Å². The lowest BCUT2D eigenvalue weighted by Crippen LogP contribution is -2.29. The number of anilines is 1. The van der Waals surface area contributed by atoms with Gasteiger partial charge in [0.2, 0.25) is 9.84 Å². The number of thiazole rings is 1. The highest BCUT2D eigenvalue weighted by Gasteiger charge is 2.48. The summed E-state index contributed by atoms with van der Waals surface area (Å²) in [6, 6.07) is 13.7. The van der Waals surface area contributed by atoms with Crippen molar-refractivity contribution in [2.24, 2.45) is 0 Å². The molecule has 0 spiro atoms. The molecule has 0 saturated carbocycles. The largest absolute Gasteiger partial charge is 0.507 e. The third kappa shape index (κ3) is 5.31. The van der Waals surface area contributed by atoms with E-state index < -0.39 is 38.3 Å². The molecule has 5 rings (SSSR count). The summed E-state index contributed by atoms with van der Waals surface area (Å²) < 4.78 is 37.1. The molecule has 1 amide bonds. The molecule has 0 bridgehead atoms. The number of sulfone groups is 1. The van der Waals surface area contributed by atoms with Gasteiger partial charge in [0.15, 0.2) is 16.6 Å². The second-order valence-corrected chi connectivity index (χ2v) is 12.6. The number of methoxy groups -OCH3 is 2. The smallest absolute Gasteiger partial charge is 0.301 e. The van der Waals surface area contributed by atoms with Crippen LogP contribution in [-0.4, -0.2) is 49.3 Å². The van der Waals surface area contributed by atoms with Gasteiger partial charge in [-0.2, -0.15) is 0 Å². The number of aromatic nitrogens is 1. The number of hydrogen-bond acceptors (Lipinski definition) is 11.